The minimum atomic E-state index is -0.168. The van der Waals surface area contributed by atoms with E-state index in [-0.39, 0.29) is 11.6 Å². The fourth-order valence-corrected chi connectivity index (χ4v) is 1.57. The maximum absolute atomic E-state index is 11.6. The monoisotopic (exact) mass is 235 g/mol. The molecule has 0 saturated carbocycles. The normalized spacial score (nSPS) is 10.1. The standard InChI is InChI=1S/C13H17NO3/c1-9(15)11-5-3-6-12(13(11)10(2)16)17-8-4-7-14/h3,5-6H,4,7-8,14H2,1-2H3. The highest BCUT2D eigenvalue weighted by Crippen LogP contribution is 2.23. The van der Waals surface area contributed by atoms with Crippen molar-refractivity contribution in [2.75, 3.05) is 13.2 Å². The molecule has 1 aromatic rings. The van der Waals surface area contributed by atoms with Crippen LogP contribution in [0.5, 0.6) is 5.75 Å². The molecule has 0 aromatic heterocycles. The Hall–Kier alpha value is -1.68. The number of rotatable bonds is 6. The predicted octanol–water partition coefficient (Wildman–Crippen LogP) is 1.82. The van der Waals surface area contributed by atoms with E-state index in [1.165, 1.54) is 13.8 Å². The number of nitrogens with two attached hydrogens (primary N) is 1. The lowest BCUT2D eigenvalue weighted by Crippen LogP contribution is -2.10. The third-order valence-electron chi connectivity index (χ3n) is 2.36. The molecular formula is C13H17NO3. The van der Waals surface area contributed by atoms with Crippen LogP contribution in [-0.2, 0) is 0 Å². The van der Waals surface area contributed by atoms with E-state index in [2.05, 4.69) is 0 Å². The molecule has 92 valence electrons. The van der Waals surface area contributed by atoms with Gasteiger partial charge in [-0.15, -0.1) is 0 Å². The fraction of sp³-hybridized carbons (Fsp3) is 0.385. The molecule has 4 nitrogen and oxygen atoms in total. The minimum absolute atomic E-state index is 0.139. The van der Waals surface area contributed by atoms with Crippen LogP contribution in [0.1, 0.15) is 41.0 Å². The van der Waals surface area contributed by atoms with E-state index in [0.29, 0.717) is 36.4 Å². The van der Waals surface area contributed by atoms with Gasteiger partial charge in [0.15, 0.2) is 11.6 Å². The lowest BCUT2D eigenvalue weighted by atomic mass is 10.0. The van der Waals surface area contributed by atoms with Gasteiger partial charge in [-0.05, 0) is 32.9 Å². The van der Waals surface area contributed by atoms with Gasteiger partial charge in [-0.2, -0.15) is 0 Å². The molecule has 0 heterocycles. The van der Waals surface area contributed by atoms with Crippen LogP contribution in [0, 0.1) is 0 Å². The fourth-order valence-electron chi connectivity index (χ4n) is 1.57. The van der Waals surface area contributed by atoms with E-state index in [4.69, 9.17) is 10.5 Å². The van der Waals surface area contributed by atoms with Gasteiger partial charge >= 0.3 is 0 Å². The quantitative estimate of drug-likeness (QED) is 0.603. The molecule has 1 aromatic carbocycles. The highest BCUT2D eigenvalue weighted by Gasteiger charge is 2.16. The Kier molecular flexibility index (Phi) is 4.84. The maximum atomic E-state index is 11.6. The molecule has 0 aliphatic rings. The largest absolute Gasteiger partial charge is 0.493 e. The van der Waals surface area contributed by atoms with Gasteiger partial charge in [0.2, 0.25) is 0 Å². The molecule has 0 aliphatic heterocycles. The van der Waals surface area contributed by atoms with Crippen molar-refractivity contribution in [3.05, 3.63) is 29.3 Å². The SMILES string of the molecule is CC(=O)c1cccc(OCCCN)c1C(C)=O. The lowest BCUT2D eigenvalue weighted by molar-refractivity contribution is 0.0977. The second-order valence-corrected chi connectivity index (χ2v) is 3.78. The van der Waals surface area contributed by atoms with Gasteiger partial charge in [0, 0.05) is 5.56 Å². The predicted molar refractivity (Wildman–Crippen MR) is 65.6 cm³/mol. The number of Topliss-reactive ketones (excluding diaryl/α,β-unsaturated/α-hetero) is 2. The first-order valence-electron chi connectivity index (χ1n) is 5.55. The minimum Gasteiger partial charge on any atom is -0.493 e. The summed E-state index contributed by atoms with van der Waals surface area (Å²) in [5.74, 6) is 0.150. The van der Waals surface area contributed by atoms with E-state index in [9.17, 15) is 9.59 Å². The molecule has 2 N–H and O–H groups in total. The van der Waals surface area contributed by atoms with Crippen LogP contribution in [0.3, 0.4) is 0 Å². The smallest absolute Gasteiger partial charge is 0.164 e. The molecule has 0 radical (unpaired) electrons. The van der Waals surface area contributed by atoms with E-state index in [1.807, 2.05) is 0 Å². The highest BCUT2D eigenvalue weighted by molar-refractivity contribution is 6.08. The number of benzene rings is 1. The molecule has 17 heavy (non-hydrogen) atoms. The molecule has 0 atom stereocenters. The van der Waals surface area contributed by atoms with Crippen molar-refractivity contribution in [2.45, 2.75) is 20.3 Å². The zero-order chi connectivity index (χ0) is 12.8. The van der Waals surface area contributed by atoms with Gasteiger partial charge in [0.05, 0.1) is 12.2 Å². The highest BCUT2D eigenvalue weighted by atomic mass is 16.5. The van der Waals surface area contributed by atoms with Gasteiger partial charge in [-0.25, -0.2) is 0 Å². The van der Waals surface area contributed by atoms with Crippen molar-refractivity contribution in [1.29, 1.82) is 0 Å². The van der Waals surface area contributed by atoms with Crippen molar-refractivity contribution in [3.63, 3.8) is 0 Å². The van der Waals surface area contributed by atoms with Crippen LogP contribution in [0.25, 0.3) is 0 Å². The van der Waals surface area contributed by atoms with Crippen LogP contribution in [-0.4, -0.2) is 24.7 Å². The Morgan fingerprint density at radius 1 is 1.24 bits per heavy atom. The van der Waals surface area contributed by atoms with Gasteiger partial charge in [-0.3, -0.25) is 9.59 Å². The van der Waals surface area contributed by atoms with Gasteiger partial charge < -0.3 is 10.5 Å². The lowest BCUT2D eigenvalue weighted by Gasteiger charge is -2.11. The molecule has 0 fully saturated rings. The van der Waals surface area contributed by atoms with Crippen molar-refractivity contribution in [1.82, 2.24) is 0 Å². The zero-order valence-electron chi connectivity index (χ0n) is 10.2. The summed E-state index contributed by atoms with van der Waals surface area (Å²) >= 11 is 0. The summed E-state index contributed by atoms with van der Waals surface area (Å²) in [7, 11) is 0. The summed E-state index contributed by atoms with van der Waals surface area (Å²) in [6.07, 6.45) is 0.710. The second kappa shape index (κ2) is 6.15. The third-order valence-corrected chi connectivity index (χ3v) is 2.36. The first kappa shape index (κ1) is 13.4. The van der Waals surface area contributed by atoms with Crippen LogP contribution in [0.15, 0.2) is 18.2 Å². The van der Waals surface area contributed by atoms with E-state index < -0.39 is 0 Å². The topological polar surface area (TPSA) is 69.4 Å². The van der Waals surface area contributed by atoms with Gasteiger partial charge in [-0.1, -0.05) is 12.1 Å². The number of ether oxygens (including phenoxy) is 1. The Morgan fingerprint density at radius 3 is 2.47 bits per heavy atom. The van der Waals surface area contributed by atoms with Crippen molar-refractivity contribution >= 4 is 11.6 Å². The Bertz CT molecular complexity index is 427. The maximum Gasteiger partial charge on any atom is 0.164 e. The molecule has 0 amide bonds. The average molecular weight is 235 g/mol. The summed E-state index contributed by atoms with van der Waals surface area (Å²) in [5.41, 5.74) is 6.13. The number of hydrogen-bond acceptors (Lipinski definition) is 4. The number of ketones is 2. The molecule has 0 unspecified atom stereocenters. The Balaban J connectivity index is 3.07. The molecular weight excluding hydrogens is 218 g/mol. The number of carbonyl (C=O) groups excluding carboxylic acids is 2. The molecule has 1 rings (SSSR count). The van der Waals surface area contributed by atoms with Crippen molar-refractivity contribution in [3.8, 4) is 5.75 Å². The van der Waals surface area contributed by atoms with Gasteiger partial charge in [0.1, 0.15) is 5.75 Å². The van der Waals surface area contributed by atoms with Crippen molar-refractivity contribution < 1.29 is 14.3 Å². The Labute approximate surface area is 101 Å². The third kappa shape index (κ3) is 3.39. The zero-order valence-corrected chi connectivity index (χ0v) is 10.2. The first-order valence-corrected chi connectivity index (χ1v) is 5.55. The number of carbonyl (C=O) groups is 2. The molecule has 0 saturated heterocycles. The van der Waals surface area contributed by atoms with Crippen LogP contribution >= 0.6 is 0 Å². The van der Waals surface area contributed by atoms with Gasteiger partial charge in [0.25, 0.3) is 0 Å². The van der Waals surface area contributed by atoms with Crippen LogP contribution in [0.2, 0.25) is 0 Å². The summed E-state index contributed by atoms with van der Waals surface area (Å²) in [5, 5.41) is 0. The number of hydrogen-bond donors (Lipinski definition) is 1. The summed E-state index contributed by atoms with van der Waals surface area (Å²) < 4.78 is 5.48. The van der Waals surface area contributed by atoms with Crippen LogP contribution < -0.4 is 10.5 Å². The van der Waals surface area contributed by atoms with E-state index >= 15 is 0 Å². The van der Waals surface area contributed by atoms with E-state index in [1.54, 1.807) is 18.2 Å². The molecule has 0 bridgehead atoms. The molecule has 0 aliphatic carbocycles. The van der Waals surface area contributed by atoms with Crippen molar-refractivity contribution in [2.24, 2.45) is 5.73 Å². The molecule has 0 spiro atoms. The first-order chi connectivity index (χ1) is 8.07. The summed E-state index contributed by atoms with van der Waals surface area (Å²) in [6.45, 7) is 3.84. The Morgan fingerprint density at radius 2 is 1.94 bits per heavy atom. The molecule has 4 heteroatoms. The summed E-state index contributed by atoms with van der Waals surface area (Å²) in [4.78, 5) is 23.0. The second-order valence-electron chi connectivity index (χ2n) is 3.78. The summed E-state index contributed by atoms with van der Waals surface area (Å²) in [6, 6.07) is 5.04. The van der Waals surface area contributed by atoms with E-state index in [0.717, 1.165) is 0 Å². The van der Waals surface area contributed by atoms with Crippen LogP contribution in [0.4, 0.5) is 0 Å². The average Bonchev–Trinajstić information content (AvgIpc) is 2.28.